The molecule has 1 unspecified atom stereocenters. The molecule has 1 aromatic heterocycles. The summed E-state index contributed by atoms with van der Waals surface area (Å²) in [6, 6.07) is 7.82. The van der Waals surface area contributed by atoms with Gasteiger partial charge in [-0.05, 0) is 51.5 Å². The third-order valence-corrected chi connectivity index (χ3v) is 6.36. The van der Waals surface area contributed by atoms with E-state index < -0.39 is 6.04 Å². The number of allylic oxidation sites excluding steroid dienone is 1. The number of hydrogen-bond acceptors (Lipinski definition) is 8. The highest BCUT2D eigenvalue weighted by Crippen LogP contribution is 2.35. The second kappa shape index (κ2) is 11.5. The number of fused-ring (bicyclic) bond motifs is 1. The second-order valence-electron chi connectivity index (χ2n) is 8.84. The van der Waals surface area contributed by atoms with E-state index in [2.05, 4.69) is 26.3 Å². The number of amides is 1. The number of carbonyl (C=O) groups is 1. The number of halogens is 2. The van der Waals surface area contributed by atoms with Gasteiger partial charge in [-0.25, -0.2) is 9.38 Å². The molecule has 1 aliphatic rings. The number of benzene rings is 2. The highest BCUT2D eigenvalue weighted by atomic mass is 35.5. The molecule has 1 amide bonds. The third-order valence-electron chi connectivity index (χ3n) is 6.03. The highest BCUT2D eigenvalue weighted by Gasteiger charge is 2.31. The summed E-state index contributed by atoms with van der Waals surface area (Å²) < 4.78 is 19.7. The molecular formula is C27H29ClFN7O2. The Hall–Kier alpha value is -4.18. The molecule has 5 N–H and O–H groups in total. The maximum absolute atomic E-state index is 14.0. The van der Waals surface area contributed by atoms with Gasteiger partial charge in [0.05, 0.1) is 5.57 Å². The smallest absolute Gasteiger partial charge is 0.302 e. The predicted octanol–water partition coefficient (Wildman–Crippen LogP) is 4.88. The average Bonchev–Trinajstić information content (AvgIpc) is 3.29. The molecule has 38 heavy (non-hydrogen) atoms. The van der Waals surface area contributed by atoms with E-state index >= 15 is 0 Å². The van der Waals surface area contributed by atoms with Gasteiger partial charge in [-0.2, -0.15) is 4.98 Å². The maximum Gasteiger partial charge on any atom is 0.302 e. The Kier molecular flexibility index (Phi) is 8.11. The quantitative estimate of drug-likeness (QED) is 0.260. The van der Waals surface area contributed by atoms with Gasteiger partial charge in [0.25, 0.3) is 5.91 Å². The third kappa shape index (κ3) is 5.70. The number of guanidine groups is 1. The summed E-state index contributed by atoms with van der Waals surface area (Å²) in [4.78, 5) is 22.5. The first-order valence-electron chi connectivity index (χ1n) is 12.1. The molecule has 11 heteroatoms. The number of nitrogens with zero attached hydrogens (tertiary/aromatic N) is 2. The SMILES string of the molecule is CCN/C=C(\C=N)CNC(=O)C1=C(C)NC(Nc2nc3ccc(F)c(C)c3o2)=NC1c1ccc(C)cc1Cl. The van der Waals surface area contributed by atoms with Crippen LogP contribution in [0.2, 0.25) is 5.02 Å². The Morgan fingerprint density at radius 3 is 2.76 bits per heavy atom. The second-order valence-corrected chi connectivity index (χ2v) is 9.24. The first-order chi connectivity index (χ1) is 18.2. The summed E-state index contributed by atoms with van der Waals surface area (Å²) >= 11 is 6.60. The topological polar surface area (TPSA) is 127 Å². The number of hydrogen-bond donors (Lipinski definition) is 5. The van der Waals surface area contributed by atoms with Crippen molar-refractivity contribution in [1.29, 1.82) is 5.41 Å². The molecule has 9 nitrogen and oxygen atoms in total. The van der Waals surface area contributed by atoms with Crippen molar-refractivity contribution in [3.63, 3.8) is 0 Å². The van der Waals surface area contributed by atoms with Gasteiger partial charge in [0.2, 0.25) is 5.96 Å². The van der Waals surface area contributed by atoms with Crippen LogP contribution in [0.15, 0.2) is 62.8 Å². The van der Waals surface area contributed by atoms with Crippen molar-refractivity contribution in [3.8, 4) is 0 Å². The van der Waals surface area contributed by atoms with Crippen LogP contribution in [0, 0.1) is 25.1 Å². The van der Waals surface area contributed by atoms with E-state index in [0.29, 0.717) is 50.6 Å². The fourth-order valence-corrected chi connectivity index (χ4v) is 4.36. The van der Waals surface area contributed by atoms with Crippen LogP contribution in [0.5, 0.6) is 0 Å². The number of anilines is 1. The van der Waals surface area contributed by atoms with Crippen LogP contribution in [0.1, 0.15) is 36.6 Å². The monoisotopic (exact) mass is 537 g/mol. The standard InChI is InChI=1S/C27H29ClFN7O2/c1-5-31-12-17(11-30)13-32-25(37)22-16(4)33-26(35-23(22)18-7-6-14(2)10-19(18)28)36-27-34-21-9-8-20(29)15(3)24(21)38-27/h6-12,23,30-31H,5,13H2,1-4H3,(H,32,37)(H2,33,34,35,36)/b17-12+,30-11?. The zero-order valence-corrected chi connectivity index (χ0v) is 22.3. The van der Waals surface area contributed by atoms with E-state index in [9.17, 15) is 9.18 Å². The van der Waals surface area contributed by atoms with Crippen molar-refractivity contribution in [2.45, 2.75) is 33.7 Å². The number of nitrogens with one attached hydrogen (secondary N) is 5. The molecule has 0 radical (unpaired) electrons. The number of oxazole rings is 1. The lowest BCUT2D eigenvalue weighted by atomic mass is 9.95. The molecule has 2 aromatic carbocycles. The molecule has 1 aliphatic heterocycles. The minimum Gasteiger partial charge on any atom is -0.423 e. The van der Waals surface area contributed by atoms with Gasteiger partial charge in [0, 0.05) is 52.9 Å². The Bertz CT molecular complexity index is 1490. The van der Waals surface area contributed by atoms with Crippen molar-refractivity contribution < 1.29 is 13.6 Å². The molecule has 1 atom stereocenters. The van der Waals surface area contributed by atoms with Crippen molar-refractivity contribution in [2.24, 2.45) is 4.99 Å². The predicted molar refractivity (Wildman–Crippen MR) is 148 cm³/mol. The van der Waals surface area contributed by atoms with Crippen LogP contribution in [0.4, 0.5) is 10.4 Å². The summed E-state index contributed by atoms with van der Waals surface area (Å²) in [6.45, 7) is 8.11. The average molecular weight is 538 g/mol. The van der Waals surface area contributed by atoms with Gasteiger partial charge in [-0.3, -0.25) is 10.1 Å². The van der Waals surface area contributed by atoms with Crippen molar-refractivity contribution in [2.75, 3.05) is 18.4 Å². The van der Waals surface area contributed by atoms with E-state index in [-0.39, 0.29) is 30.2 Å². The summed E-state index contributed by atoms with van der Waals surface area (Å²) in [7, 11) is 0. The van der Waals surface area contributed by atoms with E-state index in [4.69, 9.17) is 26.4 Å². The lowest BCUT2D eigenvalue weighted by Gasteiger charge is -2.27. The number of aryl methyl sites for hydroxylation is 2. The van der Waals surface area contributed by atoms with Gasteiger partial charge in [0.1, 0.15) is 17.4 Å². The molecule has 4 rings (SSSR count). The van der Waals surface area contributed by atoms with E-state index in [1.807, 2.05) is 32.0 Å². The molecule has 0 aliphatic carbocycles. The summed E-state index contributed by atoms with van der Waals surface area (Å²) in [6.07, 6.45) is 2.88. The minimum absolute atomic E-state index is 0.124. The largest absolute Gasteiger partial charge is 0.423 e. The minimum atomic E-state index is -0.739. The van der Waals surface area contributed by atoms with Crippen LogP contribution in [-0.2, 0) is 4.79 Å². The van der Waals surface area contributed by atoms with Crippen molar-refractivity contribution in [3.05, 3.63) is 80.9 Å². The van der Waals surface area contributed by atoms with Gasteiger partial charge in [0.15, 0.2) is 5.58 Å². The zero-order valence-electron chi connectivity index (χ0n) is 21.5. The van der Waals surface area contributed by atoms with Crippen molar-refractivity contribution >= 4 is 46.8 Å². The summed E-state index contributed by atoms with van der Waals surface area (Å²) in [5.74, 6) is -0.447. The van der Waals surface area contributed by atoms with E-state index in [0.717, 1.165) is 5.56 Å². The lowest BCUT2D eigenvalue weighted by molar-refractivity contribution is -0.117. The molecular weight excluding hydrogens is 509 g/mol. The Labute approximate surface area is 224 Å². The van der Waals surface area contributed by atoms with Gasteiger partial charge in [-0.1, -0.05) is 23.7 Å². The number of carbonyl (C=O) groups excluding carboxylic acids is 1. The number of rotatable bonds is 8. The van der Waals surface area contributed by atoms with Crippen LogP contribution in [0.25, 0.3) is 11.1 Å². The maximum atomic E-state index is 14.0. The van der Waals surface area contributed by atoms with Crippen LogP contribution < -0.4 is 21.3 Å². The Balaban J connectivity index is 1.66. The van der Waals surface area contributed by atoms with Crippen LogP contribution in [-0.4, -0.2) is 36.2 Å². The number of aromatic nitrogens is 1. The lowest BCUT2D eigenvalue weighted by Crippen LogP contribution is -2.39. The highest BCUT2D eigenvalue weighted by molar-refractivity contribution is 6.31. The van der Waals surface area contributed by atoms with Crippen LogP contribution >= 0.6 is 11.6 Å². The van der Waals surface area contributed by atoms with Crippen LogP contribution in [0.3, 0.4) is 0 Å². The first kappa shape index (κ1) is 26.9. The zero-order chi connectivity index (χ0) is 27.4. The van der Waals surface area contributed by atoms with Gasteiger partial charge in [-0.15, -0.1) is 0 Å². The Morgan fingerprint density at radius 1 is 1.26 bits per heavy atom. The van der Waals surface area contributed by atoms with Crippen molar-refractivity contribution in [1.82, 2.24) is 20.9 Å². The molecule has 0 saturated carbocycles. The fraction of sp³-hybridized carbons (Fsp3) is 0.259. The normalized spacial score (nSPS) is 15.7. The Morgan fingerprint density at radius 2 is 2.05 bits per heavy atom. The summed E-state index contributed by atoms with van der Waals surface area (Å²) in [5.41, 5.74) is 4.35. The molecule has 3 aromatic rings. The molecule has 0 spiro atoms. The first-order valence-corrected chi connectivity index (χ1v) is 12.4. The number of aliphatic imine (C=N–C) groups is 1. The molecule has 0 bridgehead atoms. The fourth-order valence-electron chi connectivity index (χ4n) is 4.02. The molecule has 0 saturated heterocycles. The molecule has 198 valence electrons. The molecule has 0 fully saturated rings. The summed E-state index contributed by atoms with van der Waals surface area (Å²) in [5, 5.41) is 20.1. The van der Waals surface area contributed by atoms with E-state index in [1.165, 1.54) is 18.3 Å². The molecule has 2 heterocycles. The van der Waals surface area contributed by atoms with Gasteiger partial charge < -0.3 is 25.8 Å². The van der Waals surface area contributed by atoms with Gasteiger partial charge >= 0.3 is 6.01 Å². The van der Waals surface area contributed by atoms with E-state index in [1.54, 1.807) is 20.0 Å².